The van der Waals surface area contributed by atoms with Gasteiger partial charge in [0.1, 0.15) is 12.2 Å². The molecule has 35 heavy (non-hydrogen) atoms. The minimum atomic E-state index is -0.414. The van der Waals surface area contributed by atoms with E-state index in [-0.39, 0.29) is 54.6 Å². The van der Waals surface area contributed by atoms with Gasteiger partial charge in [-0.2, -0.15) is 0 Å². The van der Waals surface area contributed by atoms with Crippen LogP contribution in [0.2, 0.25) is 0 Å². The SMILES string of the molecule is CC1C(OCc2ccccc2)[C@H](O[C@@H]2OC(C)[C@@H](C)[C@@H](OCc3ccccc3)C2C)[C@@H]2CO[C@@H]1O2. The highest BCUT2D eigenvalue weighted by Crippen LogP contribution is 2.40. The Kier molecular flexibility index (Phi) is 7.87. The monoisotopic (exact) mass is 482 g/mol. The summed E-state index contributed by atoms with van der Waals surface area (Å²) in [7, 11) is 0. The van der Waals surface area contributed by atoms with E-state index in [4.69, 9.17) is 28.4 Å². The van der Waals surface area contributed by atoms with E-state index in [0.29, 0.717) is 19.8 Å². The fraction of sp³-hybridized carbons (Fsp3) is 0.586. The van der Waals surface area contributed by atoms with Crippen molar-refractivity contribution in [2.75, 3.05) is 6.61 Å². The van der Waals surface area contributed by atoms with E-state index < -0.39 is 6.29 Å². The third-order valence-corrected chi connectivity index (χ3v) is 7.79. The molecule has 6 heteroatoms. The molecule has 6 nitrogen and oxygen atoms in total. The fourth-order valence-electron chi connectivity index (χ4n) is 5.47. The van der Waals surface area contributed by atoms with E-state index >= 15 is 0 Å². The first-order valence-corrected chi connectivity index (χ1v) is 12.9. The topological polar surface area (TPSA) is 55.4 Å². The van der Waals surface area contributed by atoms with Crippen LogP contribution in [-0.4, -0.2) is 49.7 Å². The van der Waals surface area contributed by atoms with E-state index in [0.717, 1.165) is 5.56 Å². The molecule has 3 aliphatic rings. The molecule has 3 fully saturated rings. The van der Waals surface area contributed by atoms with Gasteiger partial charge in [-0.25, -0.2) is 0 Å². The van der Waals surface area contributed by atoms with E-state index in [1.807, 2.05) is 36.4 Å². The van der Waals surface area contributed by atoms with Crippen LogP contribution in [0.5, 0.6) is 0 Å². The number of hydrogen-bond acceptors (Lipinski definition) is 6. The lowest BCUT2D eigenvalue weighted by molar-refractivity contribution is -0.317. The normalized spacial score (nSPS) is 39.0. The number of fused-ring (bicyclic) bond motifs is 2. The summed E-state index contributed by atoms with van der Waals surface area (Å²) in [6.45, 7) is 10.2. The van der Waals surface area contributed by atoms with Crippen molar-refractivity contribution in [3.05, 3.63) is 71.8 Å². The average Bonchev–Trinajstić information content (AvgIpc) is 3.33. The molecule has 0 spiro atoms. The van der Waals surface area contributed by atoms with Gasteiger partial charge in [0.15, 0.2) is 12.6 Å². The lowest BCUT2D eigenvalue weighted by Gasteiger charge is -2.47. The van der Waals surface area contributed by atoms with Crippen molar-refractivity contribution in [3.63, 3.8) is 0 Å². The summed E-state index contributed by atoms with van der Waals surface area (Å²) in [5.74, 6) is 0.345. The molecule has 10 atom stereocenters. The minimum absolute atomic E-state index is 0.00942. The predicted molar refractivity (Wildman–Crippen MR) is 131 cm³/mol. The highest BCUT2D eigenvalue weighted by Gasteiger charge is 2.52. The Morgan fingerprint density at radius 1 is 0.686 bits per heavy atom. The molecular weight excluding hydrogens is 444 g/mol. The van der Waals surface area contributed by atoms with Crippen LogP contribution < -0.4 is 0 Å². The number of ether oxygens (including phenoxy) is 6. The largest absolute Gasteiger partial charge is 0.373 e. The third kappa shape index (κ3) is 5.48. The maximum Gasteiger partial charge on any atom is 0.163 e. The van der Waals surface area contributed by atoms with Gasteiger partial charge in [0, 0.05) is 17.8 Å². The van der Waals surface area contributed by atoms with Crippen LogP contribution >= 0.6 is 0 Å². The summed E-state index contributed by atoms with van der Waals surface area (Å²) in [6.07, 6.45) is -1.26. The van der Waals surface area contributed by atoms with Crippen LogP contribution in [0.4, 0.5) is 0 Å². The minimum Gasteiger partial charge on any atom is -0.373 e. The van der Waals surface area contributed by atoms with Gasteiger partial charge >= 0.3 is 0 Å². The van der Waals surface area contributed by atoms with Crippen molar-refractivity contribution in [1.29, 1.82) is 0 Å². The lowest BCUT2D eigenvalue weighted by atomic mass is 9.86. The second-order valence-electron chi connectivity index (χ2n) is 10.3. The van der Waals surface area contributed by atoms with Crippen molar-refractivity contribution >= 4 is 0 Å². The van der Waals surface area contributed by atoms with E-state index in [1.165, 1.54) is 5.56 Å². The molecule has 2 aromatic rings. The van der Waals surface area contributed by atoms with Gasteiger partial charge in [-0.05, 0) is 18.1 Å². The molecule has 3 saturated heterocycles. The van der Waals surface area contributed by atoms with Crippen molar-refractivity contribution in [2.45, 2.75) is 84.0 Å². The molecule has 190 valence electrons. The van der Waals surface area contributed by atoms with Gasteiger partial charge in [0.05, 0.1) is 38.1 Å². The Hall–Kier alpha value is -1.80. The van der Waals surface area contributed by atoms with Crippen LogP contribution in [0.1, 0.15) is 38.8 Å². The molecule has 2 bridgehead atoms. The first kappa shape index (κ1) is 24.9. The average molecular weight is 483 g/mol. The van der Waals surface area contributed by atoms with Crippen molar-refractivity contribution in [1.82, 2.24) is 0 Å². The van der Waals surface area contributed by atoms with E-state index in [2.05, 4.69) is 52.0 Å². The summed E-state index contributed by atoms with van der Waals surface area (Å²) < 4.78 is 38.1. The van der Waals surface area contributed by atoms with Gasteiger partial charge in [-0.3, -0.25) is 0 Å². The highest BCUT2D eigenvalue weighted by atomic mass is 16.8. The molecule has 0 saturated carbocycles. The molecule has 0 radical (unpaired) electrons. The summed E-state index contributed by atoms with van der Waals surface area (Å²) >= 11 is 0. The number of rotatable bonds is 8. The molecule has 3 heterocycles. The molecule has 4 unspecified atom stereocenters. The maximum absolute atomic E-state index is 6.71. The zero-order valence-corrected chi connectivity index (χ0v) is 21.1. The summed E-state index contributed by atoms with van der Waals surface area (Å²) in [4.78, 5) is 0. The maximum atomic E-state index is 6.71. The second-order valence-corrected chi connectivity index (χ2v) is 10.3. The standard InChI is InChI=1S/C29H38O6/c1-18-21(4)33-29(19(2)25(18)30-15-22-11-7-5-8-12-22)35-27-24-17-32-28(34-24)20(3)26(27)31-16-23-13-9-6-10-14-23/h5-14,18-21,24-29H,15-17H2,1-4H3/t18-,19?,20?,21?,24+,25-,26?,27-,28-,29+/m1/s1. The van der Waals surface area contributed by atoms with Gasteiger partial charge in [-0.1, -0.05) is 81.4 Å². The third-order valence-electron chi connectivity index (χ3n) is 7.79. The van der Waals surface area contributed by atoms with Crippen LogP contribution in [0.15, 0.2) is 60.7 Å². The first-order chi connectivity index (χ1) is 17.0. The zero-order valence-electron chi connectivity index (χ0n) is 21.1. The Morgan fingerprint density at radius 3 is 1.91 bits per heavy atom. The Morgan fingerprint density at radius 2 is 1.29 bits per heavy atom. The Bertz CT molecular complexity index is 923. The van der Waals surface area contributed by atoms with E-state index in [1.54, 1.807) is 0 Å². The summed E-state index contributed by atoms with van der Waals surface area (Å²) in [5, 5.41) is 0. The Labute approximate surface area is 208 Å². The molecular formula is C29H38O6. The number of hydrogen-bond donors (Lipinski definition) is 0. The van der Waals surface area contributed by atoms with Crippen molar-refractivity contribution in [3.8, 4) is 0 Å². The Balaban J connectivity index is 1.29. The fourth-order valence-corrected chi connectivity index (χ4v) is 5.47. The van der Waals surface area contributed by atoms with Crippen molar-refractivity contribution < 1.29 is 28.4 Å². The number of benzene rings is 2. The van der Waals surface area contributed by atoms with E-state index in [9.17, 15) is 0 Å². The van der Waals surface area contributed by atoms with Gasteiger partial charge in [-0.15, -0.1) is 0 Å². The predicted octanol–water partition coefficient (Wildman–Crippen LogP) is 4.95. The summed E-state index contributed by atoms with van der Waals surface area (Å²) in [6, 6.07) is 20.5. The zero-order chi connectivity index (χ0) is 24.4. The van der Waals surface area contributed by atoms with Gasteiger partial charge < -0.3 is 28.4 Å². The lowest BCUT2D eigenvalue weighted by Crippen LogP contribution is -2.57. The molecule has 0 N–H and O–H groups in total. The molecule has 0 amide bonds. The quantitative estimate of drug-likeness (QED) is 0.531. The van der Waals surface area contributed by atoms with Crippen LogP contribution in [0, 0.1) is 17.8 Å². The smallest absolute Gasteiger partial charge is 0.163 e. The van der Waals surface area contributed by atoms with Crippen LogP contribution in [0.25, 0.3) is 0 Å². The van der Waals surface area contributed by atoms with Crippen LogP contribution in [-0.2, 0) is 41.6 Å². The molecule has 5 rings (SSSR count). The summed E-state index contributed by atoms with van der Waals surface area (Å²) in [5.41, 5.74) is 2.30. The second kappa shape index (κ2) is 11.1. The highest BCUT2D eigenvalue weighted by molar-refractivity contribution is 5.14. The van der Waals surface area contributed by atoms with Gasteiger partial charge in [0.2, 0.25) is 0 Å². The molecule has 0 aliphatic carbocycles. The molecule has 0 aromatic heterocycles. The van der Waals surface area contributed by atoms with Crippen molar-refractivity contribution in [2.24, 2.45) is 17.8 Å². The van der Waals surface area contributed by atoms with Gasteiger partial charge in [0.25, 0.3) is 0 Å². The van der Waals surface area contributed by atoms with Crippen LogP contribution in [0.3, 0.4) is 0 Å². The molecule has 2 aromatic carbocycles. The first-order valence-electron chi connectivity index (χ1n) is 12.9. The molecule has 3 aliphatic heterocycles.